The Bertz CT molecular complexity index is 341. The van der Waals surface area contributed by atoms with Crippen molar-refractivity contribution in [2.24, 2.45) is 0 Å². The van der Waals surface area contributed by atoms with Crippen molar-refractivity contribution in [2.45, 2.75) is 32.0 Å². The quantitative estimate of drug-likeness (QED) is 0.784. The van der Waals surface area contributed by atoms with Gasteiger partial charge in [-0.1, -0.05) is 12.1 Å². The Morgan fingerprint density at radius 1 is 1.07 bits per heavy atom. The minimum absolute atomic E-state index is 0.308. The van der Waals surface area contributed by atoms with Gasteiger partial charge in [-0.15, -0.1) is 0 Å². The van der Waals surface area contributed by atoms with Crippen LogP contribution in [0.15, 0.2) is 24.3 Å². The first-order valence-corrected chi connectivity index (χ1v) is 4.92. The number of nitrogens with zero attached hydrogens (tertiary/aromatic N) is 1. The van der Waals surface area contributed by atoms with E-state index in [9.17, 15) is 10.2 Å². The van der Waals surface area contributed by atoms with Crippen LogP contribution >= 0.6 is 0 Å². The highest BCUT2D eigenvalue weighted by atomic mass is 16.3. The molecule has 1 rings (SSSR count). The van der Waals surface area contributed by atoms with Gasteiger partial charge >= 0.3 is 0 Å². The summed E-state index contributed by atoms with van der Waals surface area (Å²) < 4.78 is 0. The molecule has 0 saturated carbocycles. The van der Waals surface area contributed by atoms with Crippen LogP contribution in [-0.2, 0) is 0 Å². The molecule has 3 heteroatoms. The number of aliphatic hydroxyl groups excluding tert-OH is 2. The zero-order valence-corrected chi connectivity index (χ0v) is 8.88. The Kier molecular flexibility index (Phi) is 3.84. The second kappa shape index (κ2) is 4.92. The number of benzene rings is 1. The van der Waals surface area contributed by atoms with Crippen LogP contribution in [0, 0.1) is 11.3 Å². The lowest BCUT2D eigenvalue weighted by Crippen LogP contribution is -2.25. The first-order valence-electron chi connectivity index (χ1n) is 4.92. The number of hydrogen-bond acceptors (Lipinski definition) is 3. The van der Waals surface area contributed by atoms with Gasteiger partial charge in [0.05, 0.1) is 23.8 Å². The van der Waals surface area contributed by atoms with Crippen LogP contribution in [0.2, 0.25) is 0 Å². The molecule has 3 nitrogen and oxygen atoms in total. The number of rotatable bonds is 3. The van der Waals surface area contributed by atoms with Gasteiger partial charge in [-0.3, -0.25) is 0 Å². The Balaban J connectivity index is 2.98. The molecule has 0 aliphatic carbocycles. The molecule has 0 bridgehead atoms. The lowest BCUT2D eigenvalue weighted by Gasteiger charge is -2.23. The largest absolute Gasteiger partial charge is 0.393 e. The van der Waals surface area contributed by atoms with Gasteiger partial charge < -0.3 is 10.2 Å². The van der Waals surface area contributed by atoms with E-state index in [1.165, 1.54) is 0 Å². The molecular formula is C12H15NO2. The average molecular weight is 205 g/mol. The molecule has 0 amide bonds. The van der Waals surface area contributed by atoms with Gasteiger partial charge in [-0.25, -0.2) is 0 Å². The fourth-order valence-corrected chi connectivity index (χ4v) is 1.74. The fraction of sp³-hybridized carbons (Fsp3) is 0.417. The van der Waals surface area contributed by atoms with Crippen LogP contribution in [0.4, 0.5) is 0 Å². The van der Waals surface area contributed by atoms with E-state index in [0.29, 0.717) is 5.56 Å². The molecule has 2 atom stereocenters. The summed E-state index contributed by atoms with van der Waals surface area (Å²) in [4.78, 5) is 0. The topological polar surface area (TPSA) is 64.2 Å². The van der Waals surface area contributed by atoms with Crippen molar-refractivity contribution in [3.8, 4) is 6.07 Å². The van der Waals surface area contributed by atoms with Crippen molar-refractivity contribution in [3.05, 3.63) is 35.4 Å². The zero-order chi connectivity index (χ0) is 11.4. The minimum atomic E-state index is -0.613. The minimum Gasteiger partial charge on any atom is -0.393 e. The van der Waals surface area contributed by atoms with Crippen LogP contribution in [0.3, 0.4) is 0 Å². The second-order valence-corrected chi connectivity index (χ2v) is 3.74. The smallest absolute Gasteiger partial charge is 0.0991 e. The van der Waals surface area contributed by atoms with Crippen molar-refractivity contribution in [3.63, 3.8) is 0 Å². The monoisotopic (exact) mass is 205 g/mol. The van der Waals surface area contributed by atoms with Gasteiger partial charge in [0.2, 0.25) is 0 Å². The molecule has 1 aromatic carbocycles. The molecule has 0 aliphatic heterocycles. The molecule has 0 heterocycles. The highest BCUT2D eigenvalue weighted by Gasteiger charge is 2.22. The molecule has 80 valence electrons. The maximum absolute atomic E-state index is 9.54. The normalized spacial score (nSPS) is 16.5. The first-order chi connectivity index (χ1) is 7.06. The summed E-state index contributed by atoms with van der Waals surface area (Å²) in [6, 6.07) is 8.93. The Morgan fingerprint density at radius 3 is 1.87 bits per heavy atom. The van der Waals surface area contributed by atoms with Crippen LogP contribution in [0.25, 0.3) is 0 Å². The molecule has 0 radical (unpaired) electrons. The maximum Gasteiger partial charge on any atom is 0.0991 e. The van der Waals surface area contributed by atoms with Crippen LogP contribution in [0.1, 0.15) is 30.9 Å². The van der Waals surface area contributed by atoms with Crippen molar-refractivity contribution < 1.29 is 10.2 Å². The summed E-state index contributed by atoms with van der Waals surface area (Å²) >= 11 is 0. The fourth-order valence-electron chi connectivity index (χ4n) is 1.74. The standard InChI is InChI=1S/C12H15NO2/c1-8(14)12(9(2)15)11-5-3-10(7-13)4-6-11/h3-6,8-9,12,14-15H,1-2H3. The van der Waals surface area contributed by atoms with E-state index in [4.69, 9.17) is 5.26 Å². The molecule has 0 fully saturated rings. The summed E-state index contributed by atoms with van der Waals surface area (Å²) in [6.07, 6.45) is -1.23. The molecule has 0 aliphatic rings. The molecule has 15 heavy (non-hydrogen) atoms. The van der Waals surface area contributed by atoms with Gasteiger partial charge in [0, 0.05) is 5.92 Å². The predicted octanol–water partition coefficient (Wildman–Crippen LogP) is 1.40. The number of nitriles is 1. The first kappa shape index (κ1) is 11.7. The zero-order valence-electron chi connectivity index (χ0n) is 8.88. The lowest BCUT2D eigenvalue weighted by atomic mass is 9.89. The highest BCUT2D eigenvalue weighted by molar-refractivity contribution is 5.33. The van der Waals surface area contributed by atoms with Gasteiger partial charge in [0.25, 0.3) is 0 Å². The summed E-state index contributed by atoms with van der Waals surface area (Å²) in [6.45, 7) is 3.30. The van der Waals surface area contributed by atoms with Crippen molar-refractivity contribution in [2.75, 3.05) is 0 Å². The van der Waals surface area contributed by atoms with Crippen molar-refractivity contribution >= 4 is 0 Å². The molecule has 2 N–H and O–H groups in total. The van der Waals surface area contributed by atoms with Gasteiger partial charge in [-0.2, -0.15) is 5.26 Å². The maximum atomic E-state index is 9.54. The van der Waals surface area contributed by atoms with E-state index in [-0.39, 0.29) is 5.92 Å². The van der Waals surface area contributed by atoms with Gasteiger partial charge in [0.15, 0.2) is 0 Å². The Hall–Kier alpha value is -1.37. The summed E-state index contributed by atoms with van der Waals surface area (Å²) in [5.41, 5.74) is 1.42. The second-order valence-electron chi connectivity index (χ2n) is 3.74. The highest BCUT2D eigenvalue weighted by Crippen LogP contribution is 2.23. The number of aliphatic hydroxyl groups is 2. The summed E-state index contributed by atoms with van der Waals surface area (Å²) in [7, 11) is 0. The van der Waals surface area contributed by atoms with Crippen LogP contribution < -0.4 is 0 Å². The molecule has 0 saturated heterocycles. The molecular weight excluding hydrogens is 190 g/mol. The molecule has 1 aromatic rings. The SMILES string of the molecule is CC(O)C(c1ccc(C#N)cc1)C(C)O. The van der Waals surface area contributed by atoms with E-state index in [0.717, 1.165) is 5.56 Å². The third-order valence-electron chi connectivity index (χ3n) is 2.46. The lowest BCUT2D eigenvalue weighted by molar-refractivity contribution is 0.0730. The molecule has 0 aromatic heterocycles. The van der Waals surface area contributed by atoms with E-state index in [1.54, 1.807) is 38.1 Å². The average Bonchev–Trinajstić information content (AvgIpc) is 2.18. The Morgan fingerprint density at radius 2 is 1.53 bits per heavy atom. The van der Waals surface area contributed by atoms with Crippen molar-refractivity contribution in [1.29, 1.82) is 5.26 Å². The third kappa shape index (κ3) is 2.79. The summed E-state index contributed by atoms with van der Waals surface area (Å²) in [5, 5.41) is 27.7. The van der Waals surface area contributed by atoms with Crippen LogP contribution in [-0.4, -0.2) is 22.4 Å². The van der Waals surface area contributed by atoms with Gasteiger partial charge in [0.1, 0.15) is 0 Å². The Labute approximate surface area is 89.6 Å². The van der Waals surface area contributed by atoms with E-state index in [1.807, 2.05) is 6.07 Å². The van der Waals surface area contributed by atoms with E-state index >= 15 is 0 Å². The molecule has 0 spiro atoms. The summed E-state index contributed by atoms with van der Waals surface area (Å²) in [5.74, 6) is -0.308. The van der Waals surface area contributed by atoms with E-state index in [2.05, 4.69) is 0 Å². The number of hydrogen-bond donors (Lipinski definition) is 2. The predicted molar refractivity (Wildman–Crippen MR) is 57.3 cm³/mol. The van der Waals surface area contributed by atoms with Crippen LogP contribution in [0.5, 0.6) is 0 Å². The van der Waals surface area contributed by atoms with Crippen molar-refractivity contribution in [1.82, 2.24) is 0 Å². The molecule has 2 unspecified atom stereocenters. The third-order valence-corrected chi connectivity index (χ3v) is 2.46. The van der Waals surface area contributed by atoms with Gasteiger partial charge in [-0.05, 0) is 31.5 Å². The van der Waals surface area contributed by atoms with E-state index < -0.39 is 12.2 Å².